The van der Waals surface area contributed by atoms with Gasteiger partial charge in [-0.2, -0.15) is 0 Å². The average Bonchev–Trinajstić information content (AvgIpc) is 2.18. The summed E-state index contributed by atoms with van der Waals surface area (Å²) in [4.78, 5) is 2.10. The summed E-state index contributed by atoms with van der Waals surface area (Å²) < 4.78 is 0. The third-order valence-electron chi connectivity index (χ3n) is 2.63. The number of aliphatic hydroxyl groups is 1. The van der Waals surface area contributed by atoms with Crippen molar-refractivity contribution < 1.29 is 5.11 Å². The Hall–Kier alpha value is -0.860. The molecular formula is C13H21NO. The van der Waals surface area contributed by atoms with Gasteiger partial charge in [-0.05, 0) is 51.5 Å². The molecule has 1 unspecified atom stereocenters. The predicted molar refractivity (Wildman–Crippen MR) is 64.1 cm³/mol. The van der Waals surface area contributed by atoms with E-state index in [1.807, 2.05) is 26.2 Å². The minimum absolute atomic E-state index is 0.228. The first kappa shape index (κ1) is 12.2. The minimum atomic E-state index is -0.228. The highest BCUT2D eigenvalue weighted by Gasteiger charge is 2.07. The highest BCUT2D eigenvalue weighted by molar-refractivity contribution is 5.26. The lowest BCUT2D eigenvalue weighted by molar-refractivity contribution is 0.152. The van der Waals surface area contributed by atoms with Crippen LogP contribution in [-0.2, 0) is 6.42 Å². The van der Waals surface area contributed by atoms with Crippen molar-refractivity contribution in [1.82, 2.24) is 4.90 Å². The SMILES string of the molecule is Cc1ccccc1CC(O)CCN(C)C. The maximum Gasteiger partial charge on any atom is 0.0592 e. The molecule has 15 heavy (non-hydrogen) atoms. The van der Waals surface area contributed by atoms with E-state index in [1.165, 1.54) is 11.1 Å². The fourth-order valence-electron chi connectivity index (χ4n) is 1.60. The third kappa shape index (κ3) is 4.45. The van der Waals surface area contributed by atoms with Gasteiger partial charge in [0.05, 0.1) is 6.10 Å². The Bertz CT molecular complexity index is 296. The Morgan fingerprint density at radius 3 is 2.53 bits per heavy atom. The van der Waals surface area contributed by atoms with E-state index >= 15 is 0 Å². The van der Waals surface area contributed by atoms with E-state index in [-0.39, 0.29) is 6.10 Å². The van der Waals surface area contributed by atoms with E-state index < -0.39 is 0 Å². The van der Waals surface area contributed by atoms with Crippen LogP contribution in [0.5, 0.6) is 0 Å². The van der Waals surface area contributed by atoms with Crippen LogP contribution in [0.2, 0.25) is 0 Å². The zero-order valence-electron chi connectivity index (χ0n) is 9.90. The van der Waals surface area contributed by atoms with Gasteiger partial charge in [-0.3, -0.25) is 0 Å². The Labute approximate surface area is 92.5 Å². The molecule has 0 heterocycles. The largest absolute Gasteiger partial charge is 0.393 e. The molecule has 0 spiro atoms. The minimum Gasteiger partial charge on any atom is -0.393 e. The maximum atomic E-state index is 9.85. The first-order chi connectivity index (χ1) is 7.09. The van der Waals surface area contributed by atoms with Gasteiger partial charge in [0, 0.05) is 0 Å². The van der Waals surface area contributed by atoms with Gasteiger partial charge < -0.3 is 10.0 Å². The van der Waals surface area contributed by atoms with E-state index in [0.29, 0.717) is 0 Å². The lowest BCUT2D eigenvalue weighted by atomic mass is 10.0. The van der Waals surface area contributed by atoms with Gasteiger partial charge in [0.1, 0.15) is 0 Å². The second-order valence-corrected chi connectivity index (χ2v) is 4.38. The molecule has 2 heteroatoms. The molecule has 0 saturated carbocycles. The summed E-state index contributed by atoms with van der Waals surface area (Å²) in [6.45, 7) is 3.03. The van der Waals surface area contributed by atoms with Crippen molar-refractivity contribution >= 4 is 0 Å². The van der Waals surface area contributed by atoms with E-state index in [2.05, 4.69) is 24.0 Å². The van der Waals surface area contributed by atoms with E-state index in [9.17, 15) is 5.11 Å². The summed E-state index contributed by atoms with van der Waals surface area (Å²) in [5.41, 5.74) is 2.52. The molecule has 0 amide bonds. The Morgan fingerprint density at radius 1 is 1.27 bits per heavy atom. The van der Waals surface area contributed by atoms with Crippen molar-refractivity contribution in [2.24, 2.45) is 0 Å². The van der Waals surface area contributed by atoms with Crippen LogP contribution in [0.15, 0.2) is 24.3 Å². The highest BCUT2D eigenvalue weighted by Crippen LogP contribution is 2.11. The average molecular weight is 207 g/mol. The summed E-state index contributed by atoms with van der Waals surface area (Å²) in [5.74, 6) is 0. The molecule has 84 valence electrons. The lowest BCUT2D eigenvalue weighted by Crippen LogP contribution is -2.21. The van der Waals surface area contributed by atoms with Gasteiger partial charge >= 0.3 is 0 Å². The number of rotatable bonds is 5. The molecule has 1 aromatic carbocycles. The normalized spacial score (nSPS) is 13.1. The first-order valence-corrected chi connectivity index (χ1v) is 5.47. The summed E-state index contributed by atoms with van der Waals surface area (Å²) in [7, 11) is 4.06. The maximum absolute atomic E-state index is 9.85. The molecule has 1 rings (SSSR count). The van der Waals surface area contributed by atoms with Crippen molar-refractivity contribution in [3.05, 3.63) is 35.4 Å². The number of hydrogen-bond donors (Lipinski definition) is 1. The van der Waals surface area contributed by atoms with Crippen LogP contribution >= 0.6 is 0 Å². The van der Waals surface area contributed by atoms with Crippen LogP contribution in [-0.4, -0.2) is 36.8 Å². The van der Waals surface area contributed by atoms with Gasteiger partial charge in [-0.25, -0.2) is 0 Å². The fraction of sp³-hybridized carbons (Fsp3) is 0.538. The van der Waals surface area contributed by atoms with Crippen LogP contribution in [0.3, 0.4) is 0 Å². The second kappa shape index (κ2) is 5.89. The topological polar surface area (TPSA) is 23.5 Å². The number of aliphatic hydroxyl groups excluding tert-OH is 1. The molecular weight excluding hydrogens is 186 g/mol. The number of benzene rings is 1. The molecule has 1 N–H and O–H groups in total. The van der Waals surface area contributed by atoms with Gasteiger partial charge in [-0.15, -0.1) is 0 Å². The first-order valence-electron chi connectivity index (χ1n) is 5.47. The van der Waals surface area contributed by atoms with Crippen LogP contribution in [0.4, 0.5) is 0 Å². The summed E-state index contributed by atoms with van der Waals surface area (Å²) in [5, 5.41) is 9.85. The summed E-state index contributed by atoms with van der Waals surface area (Å²) >= 11 is 0. The van der Waals surface area contributed by atoms with Crippen molar-refractivity contribution in [3.63, 3.8) is 0 Å². The van der Waals surface area contributed by atoms with Gasteiger partial charge in [0.25, 0.3) is 0 Å². The fourth-order valence-corrected chi connectivity index (χ4v) is 1.60. The molecule has 0 aliphatic carbocycles. The van der Waals surface area contributed by atoms with Gasteiger partial charge in [0.2, 0.25) is 0 Å². The Balaban J connectivity index is 2.44. The zero-order valence-corrected chi connectivity index (χ0v) is 9.90. The summed E-state index contributed by atoms with van der Waals surface area (Å²) in [6, 6.07) is 8.24. The van der Waals surface area contributed by atoms with Crippen molar-refractivity contribution in [1.29, 1.82) is 0 Å². The molecule has 1 atom stereocenters. The van der Waals surface area contributed by atoms with Crippen LogP contribution in [0.25, 0.3) is 0 Å². The van der Waals surface area contributed by atoms with E-state index in [4.69, 9.17) is 0 Å². The number of hydrogen-bond acceptors (Lipinski definition) is 2. The molecule has 0 radical (unpaired) electrons. The molecule has 1 aromatic rings. The molecule has 0 aromatic heterocycles. The third-order valence-corrected chi connectivity index (χ3v) is 2.63. The van der Waals surface area contributed by atoms with Crippen molar-refractivity contribution in [3.8, 4) is 0 Å². The van der Waals surface area contributed by atoms with Crippen LogP contribution < -0.4 is 0 Å². The monoisotopic (exact) mass is 207 g/mol. The molecule has 0 fully saturated rings. The predicted octanol–water partition coefficient (Wildman–Crippen LogP) is 1.85. The van der Waals surface area contributed by atoms with E-state index in [0.717, 1.165) is 19.4 Å². The highest BCUT2D eigenvalue weighted by atomic mass is 16.3. The molecule has 2 nitrogen and oxygen atoms in total. The quantitative estimate of drug-likeness (QED) is 0.796. The van der Waals surface area contributed by atoms with Crippen molar-refractivity contribution in [2.75, 3.05) is 20.6 Å². The number of aryl methyl sites for hydroxylation is 1. The van der Waals surface area contributed by atoms with Crippen LogP contribution in [0, 0.1) is 6.92 Å². The zero-order chi connectivity index (χ0) is 11.3. The van der Waals surface area contributed by atoms with E-state index in [1.54, 1.807) is 0 Å². The molecule has 0 aliphatic rings. The van der Waals surface area contributed by atoms with Gasteiger partial charge in [0.15, 0.2) is 0 Å². The summed E-state index contributed by atoms with van der Waals surface area (Å²) in [6.07, 6.45) is 1.37. The molecule has 0 aliphatic heterocycles. The van der Waals surface area contributed by atoms with Crippen LogP contribution in [0.1, 0.15) is 17.5 Å². The standard InChI is InChI=1S/C13H21NO/c1-11-6-4-5-7-12(11)10-13(15)8-9-14(2)3/h4-7,13,15H,8-10H2,1-3H3. The van der Waals surface area contributed by atoms with Crippen molar-refractivity contribution in [2.45, 2.75) is 25.9 Å². The molecule has 0 bridgehead atoms. The second-order valence-electron chi connectivity index (χ2n) is 4.38. The Morgan fingerprint density at radius 2 is 1.93 bits per heavy atom. The Kier molecular flexibility index (Phi) is 4.79. The molecule has 0 saturated heterocycles. The lowest BCUT2D eigenvalue weighted by Gasteiger charge is -2.15. The number of nitrogens with zero attached hydrogens (tertiary/aromatic N) is 1. The smallest absolute Gasteiger partial charge is 0.0592 e. The van der Waals surface area contributed by atoms with Gasteiger partial charge in [-0.1, -0.05) is 24.3 Å².